The predicted molar refractivity (Wildman–Crippen MR) is 233 cm³/mol. The largest absolute Gasteiger partial charge is 0.455 e. The topological polar surface area (TPSA) is 64.7 Å². The van der Waals surface area contributed by atoms with Crippen LogP contribution in [-0.4, -0.2) is 19.9 Å². The summed E-state index contributed by atoms with van der Waals surface area (Å²) in [7, 11) is 0. The second-order valence-corrected chi connectivity index (χ2v) is 14.2. The molecule has 0 aliphatic heterocycles. The van der Waals surface area contributed by atoms with E-state index in [0.29, 0.717) is 17.5 Å². The van der Waals surface area contributed by atoms with Crippen molar-refractivity contribution in [3.63, 3.8) is 0 Å². The number of hydrogen-bond acceptors (Lipinski definition) is 5. The number of pyridine rings is 1. The standard InChI is InChI=1S/C52H32N4O/c1-4-16-34(17-5-1)46-32-44(48-40-22-11-10-15-33(40)27-28-45(48)53-46)38-29-37(41-24-14-25-43-42-23-12-13-26-47(42)57-49(41)43)30-39(31-38)52-55-50(35-18-6-2-7-19-35)54-51(56-52)36-20-8-3-9-21-36/h1-32H. The summed E-state index contributed by atoms with van der Waals surface area (Å²) in [6.45, 7) is 0. The fraction of sp³-hybridized carbons (Fsp3) is 0. The van der Waals surface area contributed by atoms with Crippen molar-refractivity contribution in [3.8, 4) is 67.7 Å². The van der Waals surface area contributed by atoms with E-state index in [-0.39, 0.29) is 0 Å². The van der Waals surface area contributed by atoms with Crippen LogP contribution in [0.2, 0.25) is 0 Å². The smallest absolute Gasteiger partial charge is 0.164 e. The minimum absolute atomic E-state index is 0.578. The van der Waals surface area contributed by atoms with Gasteiger partial charge in [-0.25, -0.2) is 19.9 Å². The lowest BCUT2D eigenvalue weighted by Crippen LogP contribution is -2.00. The predicted octanol–water partition coefficient (Wildman–Crippen LogP) is 13.5. The maximum absolute atomic E-state index is 6.64. The molecule has 0 unspecified atom stereocenters. The zero-order valence-corrected chi connectivity index (χ0v) is 30.7. The van der Waals surface area contributed by atoms with Gasteiger partial charge in [0, 0.05) is 44.0 Å². The number of para-hydroxylation sites is 2. The van der Waals surface area contributed by atoms with Crippen LogP contribution < -0.4 is 0 Å². The fourth-order valence-corrected chi connectivity index (χ4v) is 7.97. The maximum Gasteiger partial charge on any atom is 0.164 e. The van der Waals surface area contributed by atoms with E-state index in [4.69, 9.17) is 24.4 Å². The normalized spacial score (nSPS) is 11.5. The van der Waals surface area contributed by atoms with E-state index in [1.54, 1.807) is 0 Å². The summed E-state index contributed by atoms with van der Waals surface area (Å²) in [6, 6.07) is 66.9. The van der Waals surface area contributed by atoms with Gasteiger partial charge in [-0.05, 0) is 63.9 Å². The minimum atomic E-state index is 0.578. The van der Waals surface area contributed by atoms with Crippen molar-refractivity contribution < 1.29 is 4.42 Å². The van der Waals surface area contributed by atoms with E-state index >= 15 is 0 Å². The Hall–Kier alpha value is -7.76. The van der Waals surface area contributed by atoms with Crippen molar-refractivity contribution in [2.24, 2.45) is 0 Å². The fourth-order valence-electron chi connectivity index (χ4n) is 7.97. The Morgan fingerprint density at radius 3 is 1.58 bits per heavy atom. The van der Waals surface area contributed by atoms with Gasteiger partial charge in [0.15, 0.2) is 17.5 Å². The van der Waals surface area contributed by atoms with E-state index in [2.05, 4.69) is 115 Å². The summed E-state index contributed by atoms with van der Waals surface area (Å²) in [4.78, 5) is 20.6. The Morgan fingerprint density at radius 1 is 0.333 bits per heavy atom. The van der Waals surface area contributed by atoms with Crippen LogP contribution in [0.5, 0.6) is 0 Å². The molecule has 3 aromatic heterocycles. The van der Waals surface area contributed by atoms with Crippen molar-refractivity contribution in [1.29, 1.82) is 0 Å². The molecular formula is C52H32N4O. The monoisotopic (exact) mass is 728 g/mol. The molecule has 0 radical (unpaired) electrons. The molecule has 0 aliphatic carbocycles. The Balaban J connectivity index is 1.24. The Bertz CT molecular complexity index is 3230. The zero-order chi connectivity index (χ0) is 37.7. The molecule has 0 bridgehead atoms. The van der Waals surface area contributed by atoms with Gasteiger partial charge in [0.25, 0.3) is 0 Å². The molecule has 0 fully saturated rings. The van der Waals surface area contributed by atoms with Gasteiger partial charge in [-0.2, -0.15) is 0 Å². The third kappa shape index (κ3) is 5.81. The third-order valence-electron chi connectivity index (χ3n) is 10.7. The summed E-state index contributed by atoms with van der Waals surface area (Å²) >= 11 is 0. The van der Waals surface area contributed by atoms with Crippen LogP contribution in [0.25, 0.3) is 111 Å². The maximum atomic E-state index is 6.64. The molecule has 11 rings (SSSR count). The van der Waals surface area contributed by atoms with Gasteiger partial charge in [-0.3, -0.25) is 0 Å². The highest BCUT2D eigenvalue weighted by Crippen LogP contribution is 2.42. The van der Waals surface area contributed by atoms with Crippen molar-refractivity contribution in [3.05, 3.63) is 194 Å². The number of hydrogen-bond donors (Lipinski definition) is 0. The van der Waals surface area contributed by atoms with Crippen molar-refractivity contribution >= 4 is 43.6 Å². The third-order valence-corrected chi connectivity index (χ3v) is 10.7. The number of nitrogens with zero attached hydrogens (tertiary/aromatic N) is 4. The highest BCUT2D eigenvalue weighted by Gasteiger charge is 2.20. The molecular weight excluding hydrogens is 697 g/mol. The average Bonchev–Trinajstić information content (AvgIpc) is 3.68. The van der Waals surface area contributed by atoms with Gasteiger partial charge in [0.05, 0.1) is 11.2 Å². The molecule has 266 valence electrons. The molecule has 8 aromatic carbocycles. The number of aromatic nitrogens is 4. The first-order chi connectivity index (χ1) is 28.2. The highest BCUT2D eigenvalue weighted by atomic mass is 16.3. The van der Waals surface area contributed by atoms with Crippen molar-refractivity contribution in [1.82, 2.24) is 19.9 Å². The van der Waals surface area contributed by atoms with Crippen LogP contribution in [-0.2, 0) is 0 Å². The highest BCUT2D eigenvalue weighted by molar-refractivity contribution is 6.15. The van der Waals surface area contributed by atoms with Crippen LogP contribution in [0.3, 0.4) is 0 Å². The molecule has 11 aromatic rings. The first-order valence-electron chi connectivity index (χ1n) is 19.0. The van der Waals surface area contributed by atoms with Crippen LogP contribution in [0.1, 0.15) is 0 Å². The lowest BCUT2D eigenvalue weighted by Gasteiger charge is -2.16. The van der Waals surface area contributed by atoms with E-state index in [1.165, 1.54) is 0 Å². The van der Waals surface area contributed by atoms with Gasteiger partial charge in [-0.1, -0.05) is 158 Å². The van der Waals surface area contributed by atoms with Gasteiger partial charge in [0.1, 0.15) is 11.2 Å². The van der Waals surface area contributed by atoms with Gasteiger partial charge >= 0.3 is 0 Å². The molecule has 0 N–H and O–H groups in total. The molecule has 0 aliphatic rings. The molecule has 0 amide bonds. The van der Waals surface area contributed by atoms with Crippen molar-refractivity contribution in [2.75, 3.05) is 0 Å². The molecule has 3 heterocycles. The molecule has 0 spiro atoms. The Kier molecular flexibility index (Phi) is 7.74. The van der Waals surface area contributed by atoms with Crippen LogP contribution in [0.4, 0.5) is 0 Å². The SMILES string of the molecule is c1ccc(-c2cc(-c3cc(-c4nc(-c5ccccc5)nc(-c5ccccc5)n4)cc(-c4cccc5c4oc4ccccc45)c3)c3c(ccc4ccccc43)n2)cc1. The molecule has 0 saturated heterocycles. The average molecular weight is 729 g/mol. The lowest BCUT2D eigenvalue weighted by atomic mass is 9.90. The second-order valence-electron chi connectivity index (χ2n) is 14.2. The minimum Gasteiger partial charge on any atom is -0.455 e. The molecule has 5 nitrogen and oxygen atoms in total. The van der Waals surface area contributed by atoms with E-state index in [0.717, 1.165) is 93.8 Å². The summed E-state index contributed by atoms with van der Waals surface area (Å²) in [5.41, 5.74) is 11.3. The molecule has 0 atom stereocenters. The Labute approximate surface area is 328 Å². The molecule has 5 heteroatoms. The van der Waals surface area contributed by atoms with Crippen LogP contribution in [0, 0.1) is 0 Å². The van der Waals surface area contributed by atoms with Crippen LogP contribution >= 0.6 is 0 Å². The first-order valence-corrected chi connectivity index (χ1v) is 19.0. The lowest BCUT2D eigenvalue weighted by molar-refractivity contribution is 0.670. The molecule has 57 heavy (non-hydrogen) atoms. The van der Waals surface area contributed by atoms with Gasteiger partial charge < -0.3 is 4.42 Å². The van der Waals surface area contributed by atoms with Crippen molar-refractivity contribution in [2.45, 2.75) is 0 Å². The number of benzene rings is 8. The van der Waals surface area contributed by atoms with Crippen LogP contribution in [0.15, 0.2) is 199 Å². The van der Waals surface area contributed by atoms with E-state index in [1.807, 2.05) is 78.9 Å². The van der Waals surface area contributed by atoms with E-state index < -0.39 is 0 Å². The number of fused-ring (bicyclic) bond motifs is 6. The Morgan fingerprint density at radius 2 is 0.877 bits per heavy atom. The molecule has 0 saturated carbocycles. The summed E-state index contributed by atoms with van der Waals surface area (Å²) in [5.74, 6) is 1.80. The van der Waals surface area contributed by atoms with Gasteiger partial charge in [0.2, 0.25) is 0 Å². The van der Waals surface area contributed by atoms with Gasteiger partial charge in [-0.15, -0.1) is 0 Å². The first kappa shape index (κ1) is 32.7. The number of furan rings is 1. The number of rotatable bonds is 6. The zero-order valence-electron chi connectivity index (χ0n) is 30.7. The summed E-state index contributed by atoms with van der Waals surface area (Å²) < 4.78 is 6.64. The summed E-state index contributed by atoms with van der Waals surface area (Å²) in [5, 5.41) is 5.54. The second kappa shape index (κ2) is 13.5. The quantitative estimate of drug-likeness (QED) is 0.160. The van der Waals surface area contributed by atoms with E-state index in [9.17, 15) is 0 Å². The summed E-state index contributed by atoms with van der Waals surface area (Å²) in [6.07, 6.45) is 0.